The van der Waals surface area contributed by atoms with E-state index in [1.54, 1.807) is 12.1 Å². The standard InChI is InChI=1S/C18H15FN/c1-20-13-12-14(16-7-3-5-9-18(16)20)10-11-15-6-2-4-8-17(15)19/h2-13H,1H3/q+1/b11-10+. The minimum Gasteiger partial charge on any atom is -0.206 e. The molecule has 1 nitrogen and oxygen atoms in total. The SMILES string of the molecule is C[n+]1ccc(/C=C/c2ccccc2F)c2ccccc21. The molecule has 0 aliphatic heterocycles. The zero-order valence-corrected chi connectivity index (χ0v) is 11.3. The summed E-state index contributed by atoms with van der Waals surface area (Å²) in [6.45, 7) is 0. The van der Waals surface area contributed by atoms with Gasteiger partial charge in [-0.15, -0.1) is 0 Å². The highest BCUT2D eigenvalue weighted by molar-refractivity contribution is 5.88. The monoisotopic (exact) mass is 264 g/mol. The molecule has 0 bridgehead atoms. The Kier molecular flexibility index (Phi) is 3.30. The summed E-state index contributed by atoms with van der Waals surface area (Å²) in [5.74, 6) is -0.199. The Morgan fingerprint density at radius 3 is 2.40 bits per heavy atom. The first kappa shape index (κ1) is 12.5. The maximum absolute atomic E-state index is 13.6. The number of para-hydroxylation sites is 1. The lowest BCUT2D eigenvalue weighted by molar-refractivity contribution is -0.644. The molecule has 3 aromatic rings. The molecule has 2 heteroatoms. The topological polar surface area (TPSA) is 3.88 Å². The number of hydrogen-bond acceptors (Lipinski definition) is 0. The summed E-state index contributed by atoms with van der Waals surface area (Å²) in [4.78, 5) is 0. The van der Waals surface area contributed by atoms with Gasteiger partial charge in [0.25, 0.3) is 0 Å². The van der Waals surface area contributed by atoms with Gasteiger partial charge in [0.15, 0.2) is 6.20 Å². The zero-order chi connectivity index (χ0) is 13.9. The Hall–Kier alpha value is -2.48. The summed E-state index contributed by atoms with van der Waals surface area (Å²) >= 11 is 0. The van der Waals surface area contributed by atoms with Crippen LogP contribution in [0.2, 0.25) is 0 Å². The van der Waals surface area contributed by atoms with Gasteiger partial charge in [-0.2, -0.15) is 0 Å². The molecule has 0 aliphatic carbocycles. The molecular weight excluding hydrogens is 249 g/mol. The minimum atomic E-state index is -0.199. The van der Waals surface area contributed by atoms with Crippen LogP contribution in [0.1, 0.15) is 11.1 Å². The zero-order valence-electron chi connectivity index (χ0n) is 11.3. The molecule has 20 heavy (non-hydrogen) atoms. The molecule has 0 N–H and O–H groups in total. The maximum Gasteiger partial charge on any atom is 0.212 e. The highest BCUT2D eigenvalue weighted by Gasteiger charge is 2.06. The van der Waals surface area contributed by atoms with E-state index in [1.165, 1.54) is 6.07 Å². The van der Waals surface area contributed by atoms with E-state index in [1.807, 2.05) is 49.7 Å². The number of hydrogen-bond donors (Lipinski definition) is 0. The second-order valence-electron chi connectivity index (χ2n) is 4.75. The first-order valence-electron chi connectivity index (χ1n) is 6.56. The molecule has 0 aliphatic rings. The Morgan fingerprint density at radius 2 is 1.55 bits per heavy atom. The Bertz CT molecular complexity index is 790. The summed E-state index contributed by atoms with van der Waals surface area (Å²) in [5.41, 5.74) is 2.84. The molecule has 0 radical (unpaired) electrons. The summed E-state index contributed by atoms with van der Waals surface area (Å²) in [5, 5.41) is 1.16. The van der Waals surface area contributed by atoms with Crippen molar-refractivity contribution >= 4 is 23.1 Å². The number of aryl methyl sites for hydroxylation is 1. The third kappa shape index (κ3) is 2.32. The fourth-order valence-corrected chi connectivity index (χ4v) is 2.32. The van der Waals surface area contributed by atoms with Gasteiger partial charge < -0.3 is 0 Å². The molecule has 0 atom stereocenters. The molecule has 0 fully saturated rings. The van der Waals surface area contributed by atoms with Crippen LogP contribution in [-0.4, -0.2) is 0 Å². The van der Waals surface area contributed by atoms with E-state index in [9.17, 15) is 4.39 Å². The molecule has 1 heterocycles. The molecule has 3 rings (SSSR count). The van der Waals surface area contributed by atoms with Gasteiger partial charge in [0.05, 0.1) is 5.39 Å². The van der Waals surface area contributed by atoms with E-state index >= 15 is 0 Å². The van der Waals surface area contributed by atoms with Crippen LogP contribution in [0, 0.1) is 5.82 Å². The van der Waals surface area contributed by atoms with Gasteiger partial charge in [0.1, 0.15) is 12.9 Å². The van der Waals surface area contributed by atoms with Crippen molar-refractivity contribution in [3.05, 3.63) is 77.7 Å². The minimum absolute atomic E-state index is 0.199. The van der Waals surface area contributed by atoms with Crippen molar-refractivity contribution in [3.8, 4) is 0 Å². The van der Waals surface area contributed by atoms with E-state index < -0.39 is 0 Å². The fraction of sp³-hybridized carbons (Fsp3) is 0.0556. The molecule has 0 amide bonds. The Labute approximate surface area is 117 Å². The van der Waals surface area contributed by atoms with E-state index in [4.69, 9.17) is 0 Å². The predicted octanol–water partition coefficient (Wildman–Crippen LogP) is 3.97. The van der Waals surface area contributed by atoms with Crippen LogP contribution in [-0.2, 0) is 7.05 Å². The van der Waals surface area contributed by atoms with Crippen LogP contribution >= 0.6 is 0 Å². The molecule has 98 valence electrons. The van der Waals surface area contributed by atoms with Crippen molar-refractivity contribution < 1.29 is 8.96 Å². The van der Waals surface area contributed by atoms with Crippen LogP contribution in [0.4, 0.5) is 4.39 Å². The summed E-state index contributed by atoms with van der Waals surface area (Å²) in [7, 11) is 2.02. The summed E-state index contributed by atoms with van der Waals surface area (Å²) in [6.07, 6.45) is 5.79. The molecule has 1 aromatic heterocycles. The van der Waals surface area contributed by atoms with E-state index in [-0.39, 0.29) is 5.82 Å². The second-order valence-corrected chi connectivity index (χ2v) is 4.75. The van der Waals surface area contributed by atoms with Crippen LogP contribution in [0.3, 0.4) is 0 Å². The third-order valence-electron chi connectivity index (χ3n) is 3.42. The van der Waals surface area contributed by atoms with Crippen molar-refractivity contribution in [1.29, 1.82) is 0 Å². The maximum atomic E-state index is 13.6. The summed E-state index contributed by atoms with van der Waals surface area (Å²) < 4.78 is 15.7. The highest BCUT2D eigenvalue weighted by Crippen LogP contribution is 2.18. The van der Waals surface area contributed by atoms with Gasteiger partial charge in [-0.1, -0.05) is 42.5 Å². The summed E-state index contributed by atoms with van der Waals surface area (Å²) in [6, 6.07) is 17.0. The van der Waals surface area contributed by atoms with Gasteiger partial charge in [-0.3, -0.25) is 0 Å². The van der Waals surface area contributed by atoms with E-state index in [2.05, 4.69) is 16.7 Å². The molecule has 0 saturated carbocycles. The average molecular weight is 264 g/mol. The molecule has 2 aromatic carbocycles. The number of rotatable bonds is 2. The van der Waals surface area contributed by atoms with Gasteiger partial charge in [0, 0.05) is 17.7 Å². The van der Waals surface area contributed by atoms with Crippen molar-refractivity contribution in [3.63, 3.8) is 0 Å². The molecule has 0 unspecified atom stereocenters. The van der Waals surface area contributed by atoms with Crippen LogP contribution < -0.4 is 4.57 Å². The first-order valence-corrected chi connectivity index (χ1v) is 6.56. The van der Waals surface area contributed by atoms with Gasteiger partial charge >= 0.3 is 0 Å². The number of nitrogens with zero attached hydrogens (tertiary/aromatic N) is 1. The van der Waals surface area contributed by atoms with Crippen molar-refractivity contribution in [2.45, 2.75) is 0 Å². The highest BCUT2D eigenvalue weighted by atomic mass is 19.1. The van der Waals surface area contributed by atoms with Crippen molar-refractivity contribution in [1.82, 2.24) is 0 Å². The molecule has 0 saturated heterocycles. The van der Waals surface area contributed by atoms with Crippen LogP contribution in [0.15, 0.2) is 60.8 Å². The fourth-order valence-electron chi connectivity index (χ4n) is 2.32. The Morgan fingerprint density at radius 1 is 0.850 bits per heavy atom. The van der Waals surface area contributed by atoms with E-state index in [0.717, 1.165) is 16.5 Å². The third-order valence-corrected chi connectivity index (χ3v) is 3.42. The number of benzene rings is 2. The van der Waals surface area contributed by atoms with Gasteiger partial charge in [-0.25, -0.2) is 8.96 Å². The second kappa shape index (κ2) is 5.25. The predicted molar refractivity (Wildman–Crippen MR) is 80.5 cm³/mol. The quantitative estimate of drug-likeness (QED) is 0.616. The smallest absolute Gasteiger partial charge is 0.206 e. The molecular formula is C18H15FN+. The van der Waals surface area contributed by atoms with Crippen LogP contribution in [0.25, 0.3) is 23.1 Å². The number of halogens is 1. The number of pyridine rings is 1. The number of aromatic nitrogens is 1. The normalized spacial score (nSPS) is 11.3. The lowest BCUT2D eigenvalue weighted by Gasteiger charge is -2.01. The average Bonchev–Trinajstić information content (AvgIpc) is 2.48. The van der Waals surface area contributed by atoms with E-state index in [0.29, 0.717) is 5.56 Å². The lowest BCUT2D eigenvalue weighted by Crippen LogP contribution is -2.28. The Balaban J connectivity index is 2.08. The van der Waals surface area contributed by atoms with Crippen LogP contribution in [0.5, 0.6) is 0 Å². The largest absolute Gasteiger partial charge is 0.212 e. The molecule has 0 spiro atoms. The first-order chi connectivity index (χ1) is 9.75. The van der Waals surface area contributed by atoms with Gasteiger partial charge in [0.2, 0.25) is 5.52 Å². The number of fused-ring (bicyclic) bond motifs is 1. The van der Waals surface area contributed by atoms with Gasteiger partial charge in [-0.05, 0) is 17.7 Å². The van der Waals surface area contributed by atoms with Crippen molar-refractivity contribution in [2.24, 2.45) is 7.05 Å². The van der Waals surface area contributed by atoms with Crippen molar-refractivity contribution in [2.75, 3.05) is 0 Å². The lowest BCUT2D eigenvalue weighted by atomic mass is 10.1.